The Morgan fingerprint density at radius 3 is 2.53 bits per heavy atom. The zero-order chi connectivity index (χ0) is 26.3. The summed E-state index contributed by atoms with van der Waals surface area (Å²) in [5, 5.41) is 23.4. The van der Waals surface area contributed by atoms with Crippen molar-refractivity contribution in [1.29, 1.82) is 0 Å². The van der Waals surface area contributed by atoms with Crippen molar-refractivity contribution in [3.63, 3.8) is 0 Å². The van der Waals surface area contributed by atoms with Crippen LogP contribution >= 0.6 is 11.8 Å². The monoisotopic (exact) mass is 507 g/mol. The van der Waals surface area contributed by atoms with Crippen molar-refractivity contribution in [3.05, 3.63) is 89.0 Å². The average Bonchev–Trinajstić information content (AvgIpc) is 2.85. The Morgan fingerprint density at radius 2 is 1.83 bits per heavy atom. The lowest BCUT2D eigenvalue weighted by Crippen LogP contribution is -2.46. The minimum atomic E-state index is -0.928. The number of hydrogen-bond acceptors (Lipinski definition) is 5. The van der Waals surface area contributed by atoms with Gasteiger partial charge in [-0.3, -0.25) is 0 Å². The van der Waals surface area contributed by atoms with Crippen molar-refractivity contribution in [3.8, 4) is 11.1 Å². The van der Waals surface area contributed by atoms with Crippen LogP contribution in [0.2, 0.25) is 0 Å². The Labute approximate surface area is 218 Å². The van der Waals surface area contributed by atoms with Gasteiger partial charge in [-0.2, -0.15) is 0 Å². The third-order valence-electron chi connectivity index (χ3n) is 6.30. The Bertz CT molecular complexity index is 1180. The smallest absolute Gasteiger partial charge is 0.335 e. The van der Waals surface area contributed by atoms with Gasteiger partial charge in [0.05, 0.1) is 24.4 Å². The number of carboxylic acid groups (broad SMARTS) is 1. The summed E-state index contributed by atoms with van der Waals surface area (Å²) >= 11 is 1.74. The molecule has 6 heteroatoms. The molecule has 3 rings (SSSR count). The van der Waals surface area contributed by atoms with Gasteiger partial charge in [-0.05, 0) is 86.4 Å². The largest absolute Gasteiger partial charge is 0.478 e. The van der Waals surface area contributed by atoms with E-state index in [9.17, 15) is 15.0 Å². The van der Waals surface area contributed by atoms with Crippen LogP contribution in [-0.4, -0.2) is 47.2 Å². The molecule has 2 atom stereocenters. The van der Waals surface area contributed by atoms with Crippen LogP contribution in [0.1, 0.15) is 53.9 Å². The van der Waals surface area contributed by atoms with Gasteiger partial charge >= 0.3 is 5.97 Å². The Morgan fingerprint density at radius 1 is 1.08 bits per heavy atom. The van der Waals surface area contributed by atoms with Gasteiger partial charge in [-0.1, -0.05) is 48.5 Å². The zero-order valence-corrected chi connectivity index (χ0v) is 22.6. The van der Waals surface area contributed by atoms with E-state index in [1.165, 1.54) is 10.5 Å². The lowest BCUT2D eigenvalue weighted by Gasteiger charge is -2.28. The highest BCUT2D eigenvalue weighted by Gasteiger charge is 2.21. The van der Waals surface area contributed by atoms with Gasteiger partial charge < -0.3 is 20.3 Å². The molecule has 0 aromatic heterocycles. The van der Waals surface area contributed by atoms with Crippen LogP contribution in [0.3, 0.4) is 0 Å². The number of ether oxygens (including phenoxy) is 1. The van der Waals surface area contributed by atoms with Gasteiger partial charge in [0.25, 0.3) is 0 Å². The van der Waals surface area contributed by atoms with E-state index in [1.54, 1.807) is 24.8 Å². The van der Waals surface area contributed by atoms with E-state index in [4.69, 9.17) is 4.74 Å². The first-order chi connectivity index (χ1) is 17.1. The molecule has 5 nitrogen and oxygen atoms in total. The van der Waals surface area contributed by atoms with E-state index < -0.39 is 12.1 Å². The number of carbonyl (C=O) groups is 1. The van der Waals surface area contributed by atoms with Crippen LogP contribution in [0.15, 0.2) is 71.6 Å². The standard InChI is InChI=1S/C30H37NO4S/c1-20-15-23(13-14-26(20)29(33)34)28-12-7-6-11-27(28)21(2)35-19-24(32)18-31-30(3,4)17-22-9-8-10-25(16-22)36-5/h6-16,21,24,31-32H,17-19H2,1-5H3,(H,33,34). The van der Waals surface area contributed by atoms with E-state index in [0.717, 1.165) is 23.1 Å². The first-order valence-corrected chi connectivity index (χ1v) is 13.4. The van der Waals surface area contributed by atoms with Gasteiger partial charge in [-0.15, -0.1) is 11.8 Å². The SMILES string of the molecule is CSc1cccc(CC(C)(C)NCC(O)COC(C)c2ccccc2-c2ccc(C(=O)O)c(C)c2)c1. The summed E-state index contributed by atoms with van der Waals surface area (Å²) in [4.78, 5) is 12.6. The molecular formula is C30H37NO4S. The maximum absolute atomic E-state index is 11.4. The van der Waals surface area contributed by atoms with Crippen LogP contribution in [0.25, 0.3) is 11.1 Å². The van der Waals surface area contributed by atoms with E-state index in [-0.39, 0.29) is 18.2 Å². The van der Waals surface area contributed by atoms with Crippen molar-refractivity contribution in [1.82, 2.24) is 5.32 Å². The van der Waals surface area contributed by atoms with Crippen molar-refractivity contribution in [2.24, 2.45) is 0 Å². The number of aliphatic hydroxyl groups excluding tert-OH is 1. The molecule has 0 bridgehead atoms. The number of rotatable bonds is 12. The summed E-state index contributed by atoms with van der Waals surface area (Å²) < 4.78 is 6.07. The fraction of sp³-hybridized carbons (Fsp3) is 0.367. The molecule has 0 amide bonds. The van der Waals surface area contributed by atoms with Crippen molar-refractivity contribution in [2.45, 2.75) is 56.8 Å². The quantitative estimate of drug-likeness (QED) is 0.256. The third-order valence-corrected chi connectivity index (χ3v) is 7.03. The third kappa shape index (κ3) is 7.68. The highest BCUT2D eigenvalue weighted by molar-refractivity contribution is 7.98. The molecule has 3 aromatic rings. The molecule has 0 radical (unpaired) electrons. The van der Waals surface area contributed by atoms with Crippen LogP contribution in [0.4, 0.5) is 0 Å². The molecule has 2 unspecified atom stereocenters. The fourth-order valence-electron chi connectivity index (χ4n) is 4.34. The van der Waals surface area contributed by atoms with Gasteiger partial charge in [0.2, 0.25) is 0 Å². The second-order valence-electron chi connectivity index (χ2n) is 9.84. The van der Waals surface area contributed by atoms with Crippen LogP contribution in [0.5, 0.6) is 0 Å². The molecule has 0 saturated carbocycles. The van der Waals surface area contributed by atoms with E-state index in [0.29, 0.717) is 17.7 Å². The second kappa shape index (κ2) is 12.5. The molecule has 0 saturated heterocycles. The number of carboxylic acids is 1. The minimum absolute atomic E-state index is 0.170. The fourth-order valence-corrected chi connectivity index (χ4v) is 4.82. The highest BCUT2D eigenvalue weighted by Crippen LogP contribution is 2.31. The van der Waals surface area contributed by atoms with Crippen molar-refractivity contribution in [2.75, 3.05) is 19.4 Å². The summed E-state index contributed by atoms with van der Waals surface area (Å²) in [6.45, 7) is 8.70. The second-order valence-corrected chi connectivity index (χ2v) is 10.7. The Hall–Kier alpha value is -2.64. The Balaban J connectivity index is 1.58. The van der Waals surface area contributed by atoms with Crippen LogP contribution in [-0.2, 0) is 11.2 Å². The summed E-state index contributed by atoms with van der Waals surface area (Å²) in [7, 11) is 0. The number of aryl methyl sites for hydroxylation is 1. The molecule has 3 aromatic carbocycles. The predicted octanol–water partition coefficient (Wildman–Crippen LogP) is 6.13. The lowest BCUT2D eigenvalue weighted by atomic mass is 9.94. The van der Waals surface area contributed by atoms with E-state index in [1.807, 2.05) is 43.3 Å². The summed E-state index contributed by atoms with van der Waals surface area (Å²) in [5.74, 6) is -0.928. The maximum Gasteiger partial charge on any atom is 0.335 e. The topological polar surface area (TPSA) is 78.8 Å². The van der Waals surface area contributed by atoms with Crippen LogP contribution in [0, 0.1) is 6.92 Å². The predicted molar refractivity (Wildman–Crippen MR) is 148 cm³/mol. The minimum Gasteiger partial charge on any atom is -0.478 e. The molecule has 0 aliphatic rings. The van der Waals surface area contributed by atoms with Gasteiger partial charge in [0.15, 0.2) is 0 Å². The molecule has 0 heterocycles. The molecule has 192 valence electrons. The summed E-state index contributed by atoms with van der Waals surface area (Å²) in [5.41, 5.74) is 5.04. The number of hydrogen-bond donors (Lipinski definition) is 3. The molecule has 0 aliphatic heterocycles. The summed E-state index contributed by atoms with van der Waals surface area (Å²) in [6, 6.07) is 21.9. The first-order valence-electron chi connectivity index (χ1n) is 12.2. The highest BCUT2D eigenvalue weighted by atomic mass is 32.2. The number of aromatic carboxylic acids is 1. The first kappa shape index (κ1) is 27.9. The molecule has 0 spiro atoms. The maximum atomic E-state index is 11.4. The number of thioether (sulfide) groups is 1. The van der Waals surface area contributed by atoms with Gasteiger partial charge in [0.1, 0.15) is 0 Å². The number of β-amino-alcohol motifs (C(OH)–C–C–N with tert-alkyl or cyclic N) is 1. The Kier molecular flexibility index (Phi) is 9.74. The van der Waals surface area contributed by atoms with Crippen LogP contribution < -0.4 is 5.32 Å². The van der Waals surface area contributed by atoms with E-state index in [2.05, 4.69) is 49.7 Å². The molecule has 36 heavy (non-hydrogen) atoms. The number of nitrogens with one attached hydrogen (secondary N) is 1. The van der Waals surface area contributed by atoms with Gasteiger partial charge in [0, 0.05) is 17.0 Å². The number of benzene rings is 3. The molecule has 0 fully saturated rings. The van der Waals surface area contributed by atoms with E-state index >= 15 is 0 Å². The summed E-state index contributed by atoms with van der Waals surface area (Å²) in [6.07, 6.45) is 2.05. The molecular weight excluding hydrogens is 470 g/mol. The van der Waals surface area contributed by atoms with Gasteiger partial charge in [-0.25, -0.2) is 4.79 Å². The normalized spacial score (nSPS) is 13.4. The molecule has 3 N–H and O–H groups in total. The number of aliphatic hydroxyl groups is 1. The van der Waals surface area contributed by atoms with Crippen molar-refractivity contribution < 1.29 is 19.7 Å². The average molecular weight is 508 g/mol. The molecule has 0 aliphatic carbocycles. The lowest BCUT2D eigenvalue weighted by molar-refractivity contribution is -0.00397. The van der Waals surface area contributed by atoms with Crippen molar-refractivity contribution >= 4 is 17.7 Å². The zero-order valence-electron chi connectivity index (χ0n) is 21.7.